The third kappa shape index (κ3) is 4.86. The van der Waals surface area contributed by atoms with Gasteiger partial charge >= 0.3 is 6.18 Å². The molecule has 1 saturated heterocycles. The molecule has 1 atom stereocenters. The second kappa shape index (κ2) is 7.76. The molecule has 3 rings (SSSR count). The molecule has 0 bridgehead atoms. The van der Waals surface area contributed by atoms with Gasteiger partial charge in [0.25, 0.3) is 10.0 Å². The van der Waals surface area contributed by atoms with Gasteiger partial charge in [-0.1, -0.05) is 11.6 Å². The van der Waals surface area contributed by atoms with Crippen LogP contribution in [0.5, 0.6) is 5.75 Å². The van der Waals surface area contributed by atoms with Crippen LogP contribution in [0.2, 0.25) is 5.15 Å². The molecule has 1 aromatic carbocycles. The predicted octanol–water partition coefficient (Wildman–Crippen LogP) is 3.64. The van der Waals surface area contributed by atoms with Gasteiger partial charge in [0.15, 0.2) is 0 Å². The summed E-state index contributed by atoms with van der Waals surface area (Å²) in [6, 6.07) is 5.42. The van der Waals surface area contributed by atoms with Crippen molar-refractivity contribution in [3.05, 3.63) is 47.2 Å². The van der Waals surface area contributed by atoms with Crippen molar-refractivity contribution >= 4 is 27.3 Å². The highest BCUT2D eigenvalue weighted by molar-refractivity contribution is 7.92. The number of halogens is 4. The third-order valence-corrected chi connectivity index (χ3v) is 5.78. The number of benzene rings is 1. The van der Waals surface area contributed by atoms with E-state index in [0.29, 0.717) is 19.5 Å². The van der Waals surface area contributed by atoms with Gasteiger partial charge in [0, 0.05) is 25.4 Å². The smallest absolute Gasteiger partial charge is 0.419 e. The molecule has 0 radical (unpaired) electrons. The molecule has 1 aromatic heterocycles. The monoisotopic (exact) mass is 435 g/mol. The highest BCUT2D eigenvalue weighted by Crippen LogP contribution is 2.39. The second-order valence-electron chi connectivity index (χ2n) is 6.42. The van der Waals surface area contributed by atoms with E-state index in [0.717, 1.165) is 24.4 Å². The van der Waals surface area contributed by atoms with E-state index in [1.807, 2.05) is 11.9 Å². The van der Waals surface area contributed by atoms with E-state index in [-0.39, 0.29) is 15.7 Å². The van der Waals surface area contributed by atoms with Crippen LogP contribution in [-0.2, 0) is 16.2 Å². The molecule has 28 heavy (non-hydrogen) atoms. The van der Waals surface area contributed by atoms with Gasteiger partial charge in [0.2, 0.25) is 0 Å². The lowest BCUT2D eigenvalue weighted by atomic mass is 10.1. The summed E-state index contributed by atoms with van der Waals surface area (Å²) >= 11 is 5.64. The molecule has 0 saturated carbocycles. The van der Waals surface area contributed by atoms with Crippen molar-refractivity contribution in [2.24, 2.45) is 0 Å². The number of anilines is 1. The Morgan fingerprint density at radius 1 is 1.29 bits per heavy atom. The fraction of sp³-hybridized carbons (Fsp3) is 0.353. The SMILES string of the molecule is CN1CCC(Oc2cc(NS(=O)(=O)c3ccc(Cl)nc3)ccc2C(F)(F)F)C1. The number of alkyl halides is 3. The number of nitrogens with one attached hydrogen (secondary N) is 1. The first-order chi connectivity index (χ1) is 13.0. The largest absolute Gasteiger partial charge is 0.488 e. The maximum absolute atomic E-state index is 13.3. The highest BCUT2D eigenvalue weighted by Gasteiger charge is 2.36. The van der Waals surface area contributed by atoms with Crippen molar-refractivity contribution in [3.8, 4) is 5.75 Å². The summed E-state index contributed by atoms with van der Waals surface area (Å²) in [7, 11) is -2.20. The van der Waals surface area contributed by atoms with Crippen molar-refractivity contribution in [3.63, 3.8) is 0 Å². The van der Waals surface area contributed by atoms with Crippen LogP contribution in [0, 0.1) is 0 Å². The first kappa shape index (κ1) is 20.7. The maximum atomic E-state index is 13.3. The standard InChI is InChI=1S/C17H17ClF3N3O3S/c1-24-7-6-12(10-24)27-15-8-11(2-4-14(15)17(19,20)21)23-28(25,26)13-3-5-16(18)22-9-13/h2-5,8-9,12,23H,6-7,10H2,1H3. The molecule has 1 N–H and O–H groups in total. The molecule has 152 valence electrons. The van der Waals surface area contributed by atoms with Gasteiger partial charge in [-0.15, -0.1) is 0 Å². The van der Waals surface area contributed by atoms with Gasteiger partial charge in [-0.3, -0.25) is 4.72 Å². The highest BCUT2D eigenvalue weighted by atomic mass is 35.5. The average Bonchev–Trinajstić information content (AvgIpc) is 2.99. The van der Waals surface area contributed by atoms with E-state index in [1.165, 1.54) is 12.1 Å². The zero-order chi connectivity index (χ0) is 20.5. The fourth-order valence-corrected chi connectivity index (χ4v) is 3.93. The minimum atomic E-state index is -4.63. The Morgan fingerprint density at radius 2 is 2.04 bits per heavy atom. The number of nitrogens with zero attached hydrogens (tertiary/aromatic N) is 2. The number of hydrogen-bond donors (Lipinski definition) is 1. The lowest BCUT2D eigenvalue weighted by Gasteiger charge is -2.19. The lowest BCUT2D eigenvalue weighted by Crippen LogP contribution is -2.23. The van der Waals surface area contributed by atoms with Crippen LogP contribution in [-0.4, -0.2) is 44.5 Å². The maximum Gasteiger partial charge on any atom is 0.419 e. The zero-order valence-corrected chi connectivity index (χ0v) is 16.3. The first-order valence-electron chi connectivity index (χ1n) is 8.25. The number of likely N-dealkylation sites (N-methyl/N-ethyl adjacent to an activating group) is 1. The van der Waals surface area contributed by atoms with Crippen LogP contribution in [0.15, 0.2) is 41.4 Å². The molecule has 6 nitrogen and oxygen atoms in total. The Labute approximate surface area is 165 Å². The Hall–Kier alpha value is -2.04. The van der Waals surface area contributed by atoms with Gasteiger partial charge in [-0.05, 0) is 37.7 Å². The Bertz CT molecular complexity index is 952. The van der Waals surface area contributed by atoms with Gasteiger partial charge < -0.3 is 9.64 Å². The molecule has 0 spiro atoms. The van der Waals surface area contributed by atoms with Crippen molar-refractivity contribution < 1.29 is 26.3 Å². The number of likely N-dealkylation sites (tertiary alicyclic amines) is 1. The van der Waals surface area contributed by atoms with Crippen LogP contribution in [0.25, 0.3) is 0 Å². The molecule has 2 heterocycles. The molecule has 1 aliphatic heterocycles. The van der Waals surface area contributed by atoms with Gasteiger partial charge in [0.05, 0.1) is 11.3 Å². The second-order valence-corrected chi connectivity index (χ2v) is 8.49. The molecular weight excluding hydrogens is 419 g/mol. The molecule has 1 aliphatic rings. The van der Waals surface area contributed by atoms with Gasteiger partial charge in [-0.25, -0.2) is 13.4 Å². The fourth-order valence-electron chi connectivity index (χ4n) is 2.82. The molecule has 0 amide bonds. The van der Waals surface area contributed by atoms with Crippen LogP contribution in [0.4, 0.5) is 18.9 Å². The summed E-state index contributed by atoms with van der Waals surface area (Å²) in [6.45, 7) is 1.20. The number of hydrogen-bond acceptors (Lipinski definition) is 5. The van der Waals surface area contributed by atoms with Crippen LogP contribution < -0.4 is 9.46 Å². The minimum Gasteiger partial charge on any atom is -0.488 e. The summed E-state index contributed by atoms with van der Waals surface area (Å²) in [6.07, 6.45) is -3.39. The normalized spacial score (nSPS) is 18.2. The van der Waals surface area contributed by atoms with E-state index >= 15 is 0 Å². The first-order valence-corrected chi connectivity index (χ1v) is 10.1. The minimum absolute atomic E-state index is 0.0516. The van der Waals surface area contributed by atoms with E-state index in [9.17, 15) is 21.6 Å². The van der Waals surface area contributed by atoms with Crippen LogP contribution in [0.3, 0.4) is 0 Å². The molecule has 1 unspecified atom stereocenters. The molecule has 2 aromatic rings. The molecule has 1 fully saturated rings. The summed E-state index contributed by atoms with van der Waals surface area (Å²) in [5, 5.41) is 0.116. The Morgan fingerprint density at radius 3 is 2.61 bits per heavy atom. The molecule has 11 heteroatoms. The number of rotatable bonds is 5. The van der Waals surface area contributed by atoms with E-state index in [2.05, 4.69) is 9.71 Å². The van der Waals surface area contributed by atoms with Crippen molar-refractivity contribution in [2.45, 2.75) is 23.6 Å². The van der Waals surface area contributed by atoms with Gasteiger partial charge in [0.1, 0.15) is 21.9 Å². The summed E-state index contributed by atoms with van der Waals surface area (Å²) in [5.41, 5.74) is -1.01. The van der Waals surface area contributed by atoms with E-state index < -0.39 is 33.6 Å². The summed E-state index contributed by atoms with van der Waals surface area (Å²) in [4.78, 5) is 5.47. The average molecular weight is 436 g/mol. The lowest BCUT2D eigenvalue weighted by molar-refractivity contribution is -0.139. The van der Waals surface area contributed by atoms with Crippen molar-refractivity contribution in [1.29, 1.82) is 0 Å². The number of ether oxygens (including phenoxy) is 1. The topological polar surface area (TPSA) is 71.5 Å². The summed E-state index contributed by atoms with van der Waals surface area (Å²) < 4.78 is 72.6. The van der Waals surface area contributed by atoms with E-state index in [4.69, 9.17) is 16.3 Å². The third-order valence-electron chi connectivity index (χ3n) is 4.19. The Balaban J connectivity index is 1.89. The van der Waals surface area contributed by atoms with Crippen LogP contribution in [0.1, 0.15) is 12.0 Å². The number of aromatic nitrogens is 1. The predicted molar refractivity (Wildman–Crippen MR) is 98.0 cm³/mol. The van der Waals surface area contributed by atoms with Crippen LogP contribution >= 0.6 is 11.6 Å². The van der Waals surface area contributed by atoms with Crippen molar-refractivity contribution in [1.82, 2.24) is 9.88 Å². The quantitative estimate of drug-likeness (QED) is 0.726. The summed E-state index contributed by atoms with van der Waals surface area (Å²) in [5.74, 6) is -0.415. The van der Waals surface area contributed by atoms with Crippen molar-refractivity contribution in [2.75, 3.05) is 24.9 Å². The Kier molecular flexibility index (Phi) is 5.74. The van der Waals surface area contributed by atoms with E-state index in [1.54, 1.807) is 0 Å². The zero-order valence-electron chi connectivity index (χ0n) is 14.7. The number of pyridine rings is 1. The molecular formula is C17H17ClF3N3O3S. The molecule has 0 aliphatic carbocycles. The van der Waals surface area contributed by atoms with Gasteiger partial charge in [-0.2, -0.15) is 13.2 Å². The number of sulfonamides is 1.